The molecule has 0 aliphatic carbocycles. The summed E-state index contributed by atoms with van der Waals surface area (Å²) in [6.07, 6.45) is 1.35. The molecule has 6 nitrogen and oxygen atoms in total. The molecule has 0 unspecified atom stereocenters. The molecule has 0 spiro atoms. The molecule has 2 N–H and O–H groups in total. The summed E-state index contributed by atoms with van der Waals surface area (Å²) in [7, 11) is 0. The highest BCUT2D eigenvalue weighted by Gasteiger charge is 2.12. The van der Waals surface area contributed by atoms with Gasteiger partial charge in [-0.15, -0.1) is 0 Å². The first-order chi connectivity index (χ1) is 12.0. The van der Waals surface area contributed by atoms with Gasteiger partial charge in [-0.1, -0.05) is 40.2 Å². The first kappa shape index (κ1) is 18.2. The fourth-order valence-electron chi connectivity index (χ4n) is 1.94. The number of carbonyl (C=O) groups excluding carboxylic acids is 1. The predicted octanol–water partition coefficient (Wildman–Crippen LogP) is 3.46. The van der Waals surface area contributed by atoms with Crippen molar-refractivity contribution in [3.8, 4) is 11.8 Å². The number of para-hydroxylation sites is 1. The Bertz CT molecular complexity index is 871. The number of carboxylic acids is 1. The van der Waals surface area contributed by atoms with E-state index in [1.54, 1.807) is 42.5 Å². The molecule has 126 valence electrons. The van der Waals surface area contributed by atoms with E-state index in [1.807, 2.05) is 12.1 Å². The van der Waals surface area contributed by atoms with Gasteiger partial charge in [-0.05, 0) is 30.3 Å². The van der Waals surface area contributed by atoms with E-state index in [4.69, 9.17) is 9.84 Å². The molecule has 0 heterocycles. The average molecular weight is 401 g/mol. The molecule has 0 fully saturated rings. The Labute approximate surface area is 152 Å². The van der Waals surface area contributed by atoms with Gasteiger partial charge < -0.3 is 15.2 Å². The normalized spacial score (nSPS) is 10.6. The summed E-state index contributed by atoms with van der Waals surface area (Å²) in [4.78, 5) is 22.9. The number of aliphatic carboxylic acids is 1. The molecule has 0 aliphatic heterocycles. The van der Waals surface area contributed by atoms with Gasteiger partial charge in [0.05, 0.1) is 0 Å². The topological polar surface area (TPSA) is 99.4 Å². The van der Waals surface area contributed by atoms with Crippen LogP contribution in [0.25, 0.3) is 6.08 Å². The number of halogens is 1. The number of hydrogen-bond donors (Lipinski definition) is 2. The number of hydrogen-bond acceptors (Lipinski definition) is 4. The van der Waals surface area contributed by atoms with E-state index in [9.17, 15) is 14.9 Å². The Morgan fingerprint density at radius 3 is 2.68 bits per heavy atom. The molecule has 0 aliphatic rings. The summed E-state index contributed by atoms with van der Waals surface area (Å²) >= 11 is 3.30. The van der Waals surface area contributed by atoms with E-state index >= 15 is 0 Å². The number of carbonyl (C=O) groups is 2. The van der Waals surface area contributed by atoms with Crippen LogP contribution in [0.3, 0.4) is 0 Å². The summed E-state index contributed by atoms with van der Waals surface area (Å²) in [6.45, 7) is -0.517. The van der Waals surface area contributed by atoms with Crippen molar-refractivity contribution >= 4 is 39.6 Å². The Morgan fingerprint density at radius 2 is 2.00 bits per heavy atom. The van der Waals surface area contributed by atoms with Crippen LogP contribution in [0.1, 0.15) is 5.56 Å². The summed E-state index contributed by atoms with van der Waals surface area (Å²) in [6, 6.07) is 15.4. The molecule has 0 atom stereocenters. The van der Waals surface area contributed by atoms with Gasteiger partial charge in [-0.25, -0.2) is 4.79 Å². The molecule has 7 heteroatoms. The van der Waals surface area contributed by atoms with Gasteiger partial charge >= 0.3 is 5.97 Å². The molecular formula is C18H13BrN2O4. The van der Waals surface area contributed by atoms with Crippen LogP contribution in [-0.2, 0) is 9.59 Å². The van der Waals surface area contributed by atoms with E-state index in [0.717, 1.165) is 4.47 Å². The average Bonchev–Trinajstić information content (AvgIpc) is 2.58. The zero-order chi connectivity index (χ0) is 18.2. The van der Waals surface area contributed by atoms with E-state index in [0.29, 0.717) is 11.3 Å². The molecule has 0 aromatic heterocycles. The second-order valence-electron chi connectivity index (χ2n) is 4.85. The van der Waals surface area contributed by atoms with Gasteiger partial charge in [0.2, 0.25) is 0 Å². The van der Waals surface area contributed by atoms with E-state index in [1.165, 1.54) is 6.08 Å². The first-order valence-corrected chi connectivity index (χ1v) is 7.91. The van der Waals surface area contributed by atoms with Crippen molar-refractivity contribution in [2.45, 2.75) is 0 Å². The summed E-state index contributed by atoms with van der Waals surface area (Å²) < 4.78 is 5.96. The Kier molecular flexibility index (Phi) is 6.32. The van der Waals surface area contributed by atoms with Crippen LogP contribution >= 0.6 is 15.9 Å². The number of nitriles is 1. The second-order valence-corrected chi connectivity index (χ2v) is 5.77. The van der Waals surface area contributed by atoms with Crippen molar-refractivity contribution in [1.29, 1.82) is 5.26 Å². The molecule has 1 amide bonds. The number of nitrogens with one attached hydrogen (secondary N) is 1. The monoisotopic (exact) mass is 400 g/mol. The maximum absolute atomic E-state index is 12.3. The minimum atomic E-state index is -1.12. The fourth-order valence-corrected chi connectivity index (χ4v) is 2.34. The fraction of sp³-hybridized carbons (Fsp3) is 0.0556. The van der Waals surface area contributed by atoms with Crippen LogP contribution in [-0.4, -0.2) is 23.6 Å². The molecule has 2 aromatic carbocycles. The van der Waals surface area contributed by atoms with Crippen LogP contribution in [0.2, 0.25) is 0 Å². The molecule has 25 heavy (non-hydrogen) atoms. The summed E-state index contributed by atoms with van der Waals surface area (Å²) in [5, 5.41) is 20.6. The molecule has 2 aromatic rings. The van der Waals surface area contributed by atoms with E-state index in [2.05, 4.69) is 21.2 Å². The van der Waals surface area contributed by atoms with Gasteiger partial charge in [0, 0.05) is 15.7 Å². The Morgan fingerprint density at radius 1 is 1.24 bits per heavy atom. The standard InChI is InChI=1S/C18H13BrN2O4/c19-14-5-3-6-15(9-14)21-18(24)13(10-20)8-12-4-1-2-7-16(12)25-11-17(22)23/h1-9H,11H2,(H,21,24)(H,22,23)/b13-8-. The zero-order valence-corrected chi connectivity index (χ0v) is 14.5. The molecule has 0 radical (unpaired) electrons. The number of ether oxygens (including phenoxy) is 1. The highest BCUT2D eigenvalue weighted by molar-refractivity contribution is 9.10. The molecule has 0 saturated heterocycles. The van der Waals surface area contributed by atoms with Gasteiger partial charge in [0.15, 0.2) is 6.61 Å². The zero-order valence-electron chi connectivity index (χ0n) is 12.9. The number of rotatable bonds is 6. The summed E-state index contributed by atoms with van der Waals surface area (Å²) in [5.41, 5.74) is 0.840. The van der Waals surface area contributed by atoms with Crippen molar-refractivity contribution in [3.63, 3.8) is 0 Å². The maximum atomic E-state index is 12.3. The molecular weight excluding hydrogens is 388 g/mol. The Balaban J connectivity index is 2.23. The second kappa shape index (κ2) is 8.66. The van der Waals surface area contributed by atoms with Gasteiger partial charge in [0.25, 0.3) is 5.91 Å². The lowest BCUT2D eigenvalue weighted by Crippen LogP contribution is -2.13. The van der Waals surface area contributed by atoms with E-state index < -0.39 is 18.5 Å². The number of anilines is 1. The lowest BCUT2D eigenvalue weighted by atomic mass is 10.1. The highest BCUT2D eigenvalue weighted by Crippen LogP contribution is 2.22. The van der Waals surface area contributed by atoms with Crippen LogP contribution in [0.5, 0.6) is 5.75 Å². The van der Waals surface area contributed by atoms with Crippen molar-refractivity contribution in [2.75, 3.05) is 11.9 Å². The molecule has 0 bridgehead atoms. The van der Waals surface area contributed by atoms with Crippen molar-refractivity contribution < 1.29 is 19.4 Å². The number of carboxylic acid groups (broad SMARTS) is 1. The Hall–Kier alpha value is -3.11. The predicted molar refractivity (Wildman–Crippen MR) is 95.9 cm³/mol. The van der Waals surface area contributed by atoms with Gasteiger partial charge in [-0.2, -0.15) is 5.26 Å². The largest absolute Gasteiger partial charge is 0.481 e. The smallest absolute Gasteiger partial charge is 0.341 e. The molecule has 0 saturated carbocycles. The SMILES string of the molecule is N#C/C(=C/c1ccccc1OCC(=O)O)C(=O)Nc1cccc(Br)c1. The van der Waals surface area contributed by atoms with Crippen molar-refractivity contribution in [1.82, 2.24) is 0 Å². The minimum absolute atomic E-state index is 0.133. The van der Waals surface area contributed by atoms with Gasteiger partial charge in [-0.3, -0.25) is 4.79 Å². The third-order valence-corrected chi connectivity index (χ3v) is 3.51. The summed E-state index contributed by atoms with van der Waals surface area (Å²) in [5.74, 6) is -1.42. The third-order valence-electron chi connectivity index (χ3n) is 3.02. The maximum Gasteiger partial charge on any atom is 0.341 e. The third kappa shape index (κ3) is 5.48. The van der Waals surface area contributed by atoms with Crippen molar-refractivity contribution in [2.24, 2.45) is 0 Å². The van der Waals surface area contributed by atoms with Crippen LogP contribution in [0, 0.1) is 11.3 Å². The van der Waals surface area contributed by atoms with Crippen LogP contribution in [0.4, 0.5) is 5.69 Å². The number of amides is 1. The molecule has 2 rings (SSSR count). The number of benzene rings is 2. The number of nitrogens with zero attached hydrogens (tertiary/aromatic N) is 1. The lowest BCUT2D eigenvalue weighted by Gasteiger charge is -2.08. The quantitative estimate of drug-likeness (QED) is 0.571. The highest BCUT2D eigenvalue weighted by atomic mass is 79.9. The van der Waals surface area contributed by atoms with Crippen LogP contribution in [0.15, 0.2) is 58.6 Å². The lowest BCUT2D eigenvalue weighted by molar-refractivity contribution is -0.139. The van der Waals surface area contributed by atoms with Gasteiger partial charge in [0.1, 0.15) is 17.4 Å². The minimum Gasteiger partial charge on any atom is -0.481 e. The van der Waals surface area contributed by atoms with Crippen molar-refractivity contribution in [3.05, 3.63) is 64.1 Å². The van der Waals surface area contributed by atoms with E-state index in [-0.39, 0.29) is 11.3 Å². The first-order valence-electron chi connectivity index (χ1n) is 7.12. The van der Waals surface area contributed by atoms with Crippen LogP contribution < -0.4 is 10.1 Å².